The molecule has 0 spiro atoms. The summed E-state index contributed by atoms with van der Waals surface area (Å²) >= 11 is 0. The van der Waals surface area contributed by atoms with Gasteiger partial charge in [0.05, 0.1) is 36.7 Å². The van der Waals surface area contributed by atoms with Gasteiger partial charge in [0.25, 0.3) is 0 Å². The van der Waals surface area contributed by atoms with E-state index in [1.165, 1.54) is 25.4 Å². The Morgan fingerprint density at radius 2 is 1.81 bits per heavy atom. The molecule has 2 aromatic heterocycles. The van der Waals surface area contributed by atoms with Gasteiger partial charge in [-0.15, -0.1) is 0 Å². The van der Waals surface area contributed by atoms with Crippen molar-refractivity contribution in [1.29, 1.82) is 0 Å². The van der Waals surface area contributed by atoms with Gasteiger partial charge in [-0.25, -0.2) is 9.78 Å². The Morgan fingerprint density at radius 1 is 1.00 bits per heavy atom. The van der Waals surface area contributed by atoms with Gasteiger partial charge in [0.15, 0.2) is 5.82 Å². The van der Waals surface area contributed by atoms with Gasteiger partial charge >= 0.3 is 5.97 Å². The molecule has 0 aliphatic heterocycles. The van der Waals surface area contributed by atoms with Gasteiger partial charge in [-0.05, 0) is 42.5 Å². The minimum absolute atomic E-state index is 0.0877. The zero-order valence-corrected chi connectivity index (χ0v) is 16.8. The van der Waals surface area contributed by atoms with Gasteiger partial charge in [0, 0.05) is 17.3 Å². The van der Waals surface area contributed by atoms with Gasteiger partial charge in [0.1, 0.15) is 11.5 Å². The average molecular weight is 417 g/mol. The quantitative estimate of drug-likeness (QED) is 0.364. The molecule has 0 radical (unpaired) electrons. The van der Waals surface area contributed by atoms with Crippen molar-refractivity contribution in [2.24, 2.45) is 0 Å². The van der Waals surface area contributed by atoms with Crippen LogP contribution in [0.2, 0.25) is 0 Å². The third-order valence-corrected chi connectivity index (χ3v) is 4.93. The molecule has 0 amide bonds. The number of carbonyl (C=O) groups is 2. The summed E-state index contributed by atoms with van der Waals surface area (Å²) in [5.41, 5.74) is 8.34. The average Bonchev–Trinajstić information content (AvgIpc) is 3.17. The number of hydrogen-bond acceptors (Lipinski definition) is 6. The van der Waals surface area contributed by atoms with Gasteiger partial charge in [-0.2, -0.15) is 0 Å². The molecule has 0 fully saturated rings. The molecule has 0 saturated carbocycles. The van der Waals surface area contributed by atoms with Crippen molar-refractivity contribution < 1.29 is 24.2 Å². The number of imidazole rings is 1. The molecule has 0 aliphatic rings. The topological polar surface area (TPSA) is 116 Å². The number of nitrogens with zero attached hydrogens (tertiary/aromatic N) is 2. The summed E-state index contributed by atoms with van der Waals surface area (Å²) in [5, 5.41) is 9.42. The van der Waals surface area contributed by atoms with Gasteiger partial charge in [-0.3, -0.25) is 9.20 Å². The number of nitrogen functional groups attached to an aromatic ring is 1. The summed E-state index contributed by atoms with van der Waals surface area (Å²) in [6, 6.07) is 14.8. The predicted molar refractivity (Wildman–Crippen MR) is 115 cm³/mol. The van der Waals surface area contributed by atoms with E-state index in [0.717, 1.165) is 0 Å². The van der Waals surface area contributed by atoms with E-state index >= 15 is 0 Å². The third kappa shape index (κ3) is 3.55. The molecule has 8 nitrogen and oxygen atoms in total. The van der Waals surface area contributed by atoms with Crippen molar-refractivity contribution in [3.05, 3.63) is 77.7 Å². The molecule has 0 bridgehead atoms. The summed E-state index contributed by atoms with van der Waals surface area (Å²) in [4.78, 5) is 29.4. The minimum Gasteiger partial charge on any atom is -0.497 e. The fraction of sp³-hybridized carbons (Fsp3) is 0.0870. The molecule has 0 aliphatic carbocycles. The highest BCUT2D eigenvalue weighted by Crippen LogP contribution is 2.30. The number of ether oxygens (including phenoxy) is 2. The molecule has 8 heteroatoms. The van der Waals surface area contributed by atoms with E-state index in [0.29, 0.717) is 39.5 Å². The number of aromatic nitrogens is 2. The zero-order chi connectivity index (χ0) is 22.1. The number of carboxylic acids is 1. The Balaban J connectivity index is 1.94. The van der Waals surface area contributed by atoms with E-state index in [1.54, 1.807) is 47.9 Å². The molecular weight excluding hydrogens is 398 g/mol. The SMILES string of the molecule is COc1cccc(-c2nc(C(=O)c3ccc(N)c(OC)c3)n3ccc(C(=O)O)cc23)c1. The number of methoxy groups -OCH3 is 2. The van der Waals surface area contributed by atoms with Crippen LogP contribution in [0.15, 0.2) is 60.8 Å². The van der Waals surface area contributed by atoms with Crippen molar-refractivity contribution in [1.82, 2.24) is 9.38 Å². The maximum Gasteiger partial charge on any atom is 0.335 e. The monoisotopic (exact) mass is 417 g/mol. The van der Waals surface area contributed by atoms with E-state index in [2.05, 4.69) is 4.98 Å². The van der Waals surface area contributed by atoms with Crippen LogP contribution in [0.4, 0.5) is 5.69 Å². The van der Waals surface area contributed by atoms with E-state index in [4.69, 9.17) is 15.2 Å². The van der Waals surface area contributed by atoms with Crippen molar-refractivity contribution in [3.8, 4) is 22.8 Å². The van der Waals surface area contributed by atoms with Crippen molar-refractivity contribution in [2.75, 3.05) is 20.0 Å². The normalized spacial score (nSPS) is 10.8. The summed E-state index contributed by atoms with van der Waals surface area (Å²) in [5.74, 6) is -0.296. The van der Waals surface area contributed by atoms with Crippen LogP contribution in [0.5, 0.6) is 11.5 Å². The summed E-state index contributed by atoms with van der Waals surface area (Å²) in [7, 11) is 3.02. The number of carboxylic acid groups (broad SMARTS) is 1. The Kier molecular flexibility index (Phi) is 5.04. The fourth-order valence-corrected chi connectivity index (χ4v) is 3.34. The van der Waals surface area contributed by atoms with E-state index < -0.39 is 5.97 Å². The van der Waals surface area contributed by atoms with E-state index in [9.17, 15) is 14.7 Å². The standard InChI is InChI=1S/C23H19N3O5/c1-30-16-5-3-4-13(10-16)20-18-11-15(23(28)29)8-9-26(18)22(25-20)21(27)14-6-7-17(24)19(12-14)31-2/h3-12H,24H2,1-2H3,(H,28,29). The number of nitrogens with two attached hydrogens (primary N) is 1. The lowest BCUT2D eigenvalue weighted by Crippen LogP contribution is -2.08. The number of aromatic carboxylic acids is 1. The van der Waals surface area contributed by atoms with E-state index in [1.807, 2.05) is 6.07 Å². The Hall–Kier alpha value is -4.33. The molecule has 2 aromatic carbocycles. The maximum atomic E-state index is 13.3. The highest BCUT2D eigenvalue weighted by Gasteiger charge is 2.22. The molecule has 0 unspecified atom stereocenters. The maximum absolute atomic E-state index is 13.3. The predicted octanol–water partition coefficient (Wildman–Crippen LogP) is 3.53. The number of rotatable bonds is 6. The molecule has 4 rings (SSSR count). The highest BCUT2D eigenvalue weighted by molar-refractivity contribution is 6.08. The number of hydrogen-bond donors (Lipinski definition) is 2. The summed E-state index contributed by atoms with van der Waals surface area (Å²) in [6.45, 7) is 0. The first-order valence-corrected chi connectivity index (χ1v) is 9.31. The van der Waals surface area contributed by atoms with Crippen LogP contribution in [0.25, 0.3) is 16.8 Å². The first-order valence-electron chi connectivity index (χ1n) is 9.31. The van der Waals surface area contributed by atoms with Crippen LogP contribution < -0.4 is 15.2 Å². The molecule has 3 N–H and O–H groups in total. The van der Waals surface area contributed by atoms with Crippen molar-refractivity contribution in [3.63, 3.8) is 0 Å². The lowest BCUT2D eigenvalue weighted by molar-refractivity contribution is 0.0696. The van der Waals surface area contributed by atoms with Crippen LogP contribution >= 0.6 is 0 Å². The fourth-order valence-electron chi connectivity index (χ4n) is 3.34. The molecular formula is C23H19N3O5. The van der Waals surface area contributed by atoms with Crippen LogP contribution in [0, 0.1) is 0 Å². The lowest BCUT2D eigenvalue weighted by atomic mass is 10.1. The number of anilines is 1. The first-order chi connectivity index (χ1) is 14.9. The molecule has 0 saturated heterocycles. The van der Waals surface area contributed by atoms with E-state index in [-0.39, 0.29) is 17.2 Å². The Labute approximate surface area is 177 Å². The second-order valence-electron chi connectivity index (χ2n) is 6.78. The van der Waals surface area contributed by atoms with Crippen LogP contribution in [0.3, 0.4) is 0 Å². The lowest BCUT2D eigenvalue weighted by Gasteiger charge is -2.07. The first kappa shape index (κ1) is 20.0. The smallest absolute Gasteiger partial charge is 0.335 e. The van der Waals surface area contributed by atoms with Crippen LogP contribution in [-0.2, 0) is 0 Å². The second kappa shape index (κ2) is 7.83. The number of ketones is 1. The van der Waals surface area contributed by atoms with Crippen LogP contribution in [0.1, 0.15) is 26.5 Å². The summed E-state index contributed by atoms with van der Waals surface area (Å²) in [6.07, 6.45) is 1.53. The minimum atomic E-state index is -1.07. The molecule has 156 valence electrons. The van der Waals surface area contributed by atoms with Gasteiger partial charge in [-0.1, -0.05) is 12.1 Å². The van der Waals surface area contributed by atoms with Gasteiger partial charge < -0.3 is 20.3 Å². The Morgan fingerprint density at radius 3 is 2.52 bits per heavy atom. The largest absolute Gasteiger partial charge is 0.497 e. The number of carbonyl (C=O) groups excluding carboxylic acids is 1. The van der Waals surface area contributed by atoms with Crippen molar-refractivity contribution in [2.45, 2.75) is 0 Å². The number of benzene rings is 2. The molecule has 2 heterocycles. The molecule has 31 heavy (non-hydrogen) atoms. The number of pyridine rings is 1. The molecule has 4 aromatic rings. The van der Waals surface area contributed by atoms with Crippen LogP contribution in [-0.4, -0.2) is 40.5 Å². The number of fused-ring (bicyclic) bond motifs is 1. The second-order valence-corrected chi connectivity index (χ2v) is 6.78. The zero-order valence-electron chi connectivity index (χ0n) is 16.8. The summed E-state index contributed by atoms with van der Waals surface area (Å²) < 4.78 is 12.1. The highest BCUT2D eigenvalue weighted by atomic mass is 16.5. The molecule has 0 atom stereocenters. The van der Waals surface area contributed by atoms with Gasteiger partial charge in [0.2, 0.25) is 5.78 Å². The Bertz CT molecular complexity index is 1330. The van der Waals surface area contributed by atoms with Crippen molar-refractivity contribution >= 4 is 23.0 Å². The third-order valence-electron chi connectivity index (χ3n) is 4.93.